The fraction of sp³-hybridized carbons (Fsp3) is 0.667. The quantitative estimate of drug-likeness (QED) is 0.326. The van der Waals surface area contributed by atoms with Crippen molar-refractivity contribution in [2.24, 2.45) is 0 Å². The van der Waals surface area contributed by atoms with Crippen molar-refractivity contribution in [3.05, 3.63) is 23.8 Å². The number of alkyl halides is 6. The first-order valence-electron chi connectivity index (χ1n) is 7.52. The number of esters is 1. The highest BCUT2D eigenvalue weighted by Gasteiger charge is 2.35. The molecule has 0 spiro atoms. The molecule has 0 fully saturated rings. The second kappa shape index (κ2) is 9.98. The lowest BCUT2D eigenvalue weighted by atomic mass is 10.1. The number of halogens is 6. The van der Waals surface area contributed by atoms with E-state index in [9.17, 15) is 39.6 Å². The molecule has 1 atom stereocenters. The number of ether oxygens (including phenoxy) is 1. The zero-order valence-electron chi connectivity index (χ0n) is 14.2. The molecule has 152 valence electrons. The van der Waals surface area contributed by atoms with Gasteiger partial charge in [0.05, 0.1) is 12.9 Å². The first kappa shape index (κ1) is 24.5. The summed E-state index contributed by atoms with van der Waals surface area (Å²) < 4.78 is 103. The predicted octanol–water partition coefficient (Wildman–Crippen LogP) is 4.13. The van der Waals surface area contributed by atoms with Crippen LogP contribution in [0.5, 0.6) is 0 Å². The van der Waals surface area contributed by atoms with Crippen LogP contribution >= 0.6 is 0 Å². The Bertz CT molecular complexity index is 617. The van der Waals surface area contributed by atoms with Gasteiger partial charge in [-0.1, -0.05) is 25.2 Å². The van der Waals surface area contributed by atoms with Gasteiger partial charge in [-0.15, -0.1) is 0 Å². The minimum Gasteiger partial charge on any atom is -0.468 e. The minimum atomic E-state index is -4.66. The lowest BCUT2D eigenvalue weighted by Gasteiger charge is -2.15. The molecule has 0 aliphatic rings. The molecule has 0 aliphatic heterocycles. The third kappa shape index (κ3) is 9.25. The zero-order valence-corrected chi connectivity index (χ0v) is 15.0. The van der Waals surface area contributed by atoms with Gasteiger partial charge in [0, 0.05) is 12.0 Å². The molecule has 0 aliphatic carbocycles. The molecule has 0 bridgehead atoms. The normalized spacial score (nSPS) is 15.3. The average Bonchev–Trinajstić information content (AvgIpc) is 2.47. The maximum Gasteiger partial charge on any atom is 0.412 e. The summed E-state index contributed by atoms with van der Waals surface area (Å²) in [4.78, 5) is 11.6. The Morgan fingerprint density at radius 3 is 2.12 bits per heavy atom. The van der Waals surface area contributed by atoms with E-state index in [2.05, 4.69) is 4.74 Å². The van der Waals surface area contributed by atoms with Crippen molar-refractivity contribution in [1.29, 1.82) is 0 Å². The second-order valence-corrected chi connectivity index (χ2v) is 7.51. The monoisotopic (exact) mass is 410 g/mol. The van der Waals surface area contributed by atoms with Crippen molar-refractivity contribution in [1.82, 2.24) is 0 Å². The van der Waals surface area contributed by atoms with Gasteiger partial charge in [0.2, 0.25) is 0 Å². The molecule has 0 radical (unpaired) electrons. The van der Waals surface area contributed by atoms with Crippen molar-refractivity contribution in [3.63, 3.8) is 0 Å². The highest BCUT2D eigenvalue weighted by atomic mass is 32.2. The van der Waals surface area contributed by atoms with Gasteiger partial charge in [0.1, 0.15) is 0 Å². The van der Waals surface area contributed by atoms with Crippen LogP contribution in [0.4, 0.5) is 26.3 Å². The van der Waals surface area contributed by atoms with Crippen LogP contribution in [-0.2, 0) is 19.4 Å². The Balaban J connectivity index is 5.19. The van der Waals surface area contributed by atoms with Crippen molar-refractivity contribution in [2.75, 3.05) is 12.9 Å². The third-order valence-electron chi connectivity index (χ3n) is 3.31. The van der Waals surface area contributed by atoms with Gasteiger partial charge in [-0.3, -0.25) is 4.79 Å². The number of sulfone groups is 1. The van der Waals surface area contributed by atoms with Crippen LogP contribution in [-0.4, -0.2) is 44.9 Å². The van der Waals surface area contributed by atoms with Gasteiger partial charge >= 0.3 is 18.3 Å². The molecule has 0 saturated carbocycles. The predicted molar refractivity (Wildman–Crippen MR) is 83.1 cm³/mol. The summed E-state index contributed by atoms with van der Waals surface area (Å²) in [5.74, 6) is -2.02. The molecule has 0 rings (SSSR count). The maximum atomic E-state index is 12.7. The van der Waals surface area contributed by atoms with E-state index in [1.54, 1.807) is 0 Å². The summed E-state index contributed by atoms with van der Waals surface area (Å²) in [5.41, 5.74) is -0.984. The molecule has 0 heterocycles. The van der Waals surface area contributed by atoms with Crippen LogP contribution in [0.2, 0.25) is 0 Å². The highest BCUT2D eigenvalue weighted by Crippen LogP contribution is 2.29. The maximum absolute atomic E-state index is 12.7. The number of carbonyl (C=O) groups excluding carboxylic acids is 1. The minimum absolute atomic E-state index is 0.408. The molecule has 0 saturated heterocycles. The van der Waals surface area contributed by atoms with Crippen molar-refractivity contribution in [2.45, 2.75) is 50.2 Å². The topological polar surface area (TPSA) is 60.4 Å². The summed E-state index contributed by atoms with van der Waals surface area (Å²) in [5, 5.41) is -1.87. The number of rotatable bonds is 9. The molecule has 11 heteroatoms. The molecular weight excluding hydrogens is 390 g/mol. The van der Waals surface area contributed by atoms with Gasteiger partial charge < -0.3 is 4.74 Å². The third-order valence-corrected chi connectivity index (χ3v) is 5.22. The average molecular weight is 410 g/mol. The van der Waals surface area contributed by atoms with E-state index < -0.39 is 70.4 Å². The summed E-state index contributed by atoms with van der Waals surface area (Å²) in [6.07, 6.45) is -9.25. The number of hydrogen-bond donors (Lipinski definition) is 0. The Kier molecular flexibility index (Phi) is 9.40. The van der Waals surface area contributed by atoms with E-state index in [1.807, 2.05) is 0 Å². The molecule has 1 unspecified atom stereocenters. The summed E-state index contributed by atoms with van der Waals surface area (Å²) in [7, 11) is -3.37. The summed E-state index contributed by atoms with van der Waals surface area (Å²) in [6, 6.07) is 0. The number of carbonyl (C=O) groups is 1. The van der Waals surface area contributed by atoms with E-state index in [0.29, 0.717) is 6.08 Å². The van der Waals surface area contributed by atoms with Gasteiger partial charge in [-0.2, -0.15) is 26.3 Å². The molecule has 0 amide bonds. The van der Waals surface area contributed by atoms with Gasteiger partial charge in [0.15, 0.2) is 15.1 Å². The molecule has 0 N–H and O–H groups in total. The molecule has 0 aromatic heterocycles. The van der Waals surface area contributed by atoms with Crippen LogP contribution in [0.25, 0.3) is 0 Å². The lowest BCUT2D eigenvalue weighted by molar-refractivity contribution is -0.140. The molecule has 0 aromatic rings. The van der Waals surface area contributed by atoms with Crippen molar-refractivity contribution in [3.8, 4) is 0 Å². The van der Waals surface area contributed by atoms with Crippen LogP contribution < -0.4 is 0 Å². The van der Waals surface area contributed by atoms with E-state index in [0.717, 1.165) is 19.3 Å². The Morgan fingerprint density at radius 2 is 1.69 bits per heavy atom. The van der Waals surface area contributed by atoms with Crippen LogP contribution in [0.3, 0.4) is 0 Å². The smallest absolute Gasteiger partial charge is 0.412 e. The van der Waals surface area contributed by atoms with Gasteiger partial charge in [-0.05, 0) is 19.3 Å². The Hall–Kier alpha value is -1.52. The Morgan fingerprint density at radius 1 is 1.12 bits per heavy atom. The fourth-order valence-electron chi connectivity index (χ4n) is 1.91. The van der Waals surface area contributed by atoms with Crippen LogP contribution in [0.1, 0.15) is 32.6 Å². The highest BCUT2D eigenvalue weighted by molar-refractivity contribution is 7.92. The first-order valence-corrected chi connectivity index (χ1v) is 9.23. The van der Waals surface area contributed by atoms with Crippen molar-refractivity contribution < 1.29 is 44.3 Å². The summed E-state index contributed by atoms with van der Waals surface area (Å²) in [6.45, 7) is 1.23. The SMILES string of the molecule is CCC(=CCC(C(=O)OC)S(=O)(=O)CC=CCCC(F)(F)F)C(F)(F)F. The van der Waals surface area contributed by atoms with Crippen LogP contribution in [0, 0.1) is 0 Å². The lowest BCUT2D eigenvalue weighted by Crippen LogP contribution is -2.32. The number of allylic oxidation sites excluding steroid dienone is 3. The largest absolute Gasteiger partial charge is 0.468 e. The molecule has 4 nitrogen and oxygen atoms in total. The zero-order chi connectivity index (χ0) is 20.6. The standard InChI is InChI=1S/C15H20F6O4S/c1-3-11(15(19,20)21)7-8-12(13(22)25-2)26(23,24)10-6-4-5-9-14(16,17)18/h4,6-7,12H,3,5,8-10H2,1-2H3. The van der Waals surface area contributed by atoms with E-state index in [4.69, 9.17) is 0 Å². The number of hydrogen-bond acceptors (Lipinski definition) is 4. The van der Waals surface area contributed by atoms with E-state index in [-0.39, 0.29) is 0 Å². The fourth-order valence-corrected chi connectivity index (χ4v) is 3.33. The Labute approximate surface area is 147 Å². The van der Waals surface area contributed by atoms with Crippen LogP contribution in [0.15, 0.2) is 23.8 Å². The molecule has 0 aromatic carbocycles. The molecular formula is C15H20F6O4S. The van der Waals surface area contributed by atoms with Crippen molar-refractivity contribution >= 4 is 15.8 Å². The second-order valence-electron chi connectivity index (χ2n) is 5.28. The van der Waals surface area contributed by atoms with E-state index >= 15 is 0 Å². The van der Waals surface area contributed by atoms with E-state index in [1.165, 1.54) is 6.92 Å². The number of methoxy groups -OCH3 is 1. The molecule has 26 heavy (non-hydrogen) atoms. The summed E-state index contributed by atoms with van der Waals surface area (Å²) >= 11 is 0. The van der Waals surface area contributed by atoms with Gasteiger partial charge in [-0.25, -0.2) is 8.42 Å². The van der Waals surface area contributed by atoms with Gasteiger partial charge in [0.25, 0.3) is 0 Å². The first-order chi connectivity index (χ1) is 11.7.